The van der Waals surface area contributed by atoms with Gasteiger partial charge in [-0.25, -0.2) is 4.98 Å². The summed E-state index contributed by atoms with van der Waals surface area (Å²) >= 11 is 3.64. The van der Waals surface area contributed by atoms with E-state index >= 15 is 0 Å². The van der Waals surface area contributed by atoms with E-state index in [1.54, 1.807) is 11.3 Å². The van der Waals surface area contributed by atoms with Crippen molar-refractivity contribution in [3.63, 3.8) is 0 Å². The first-order chi connectivity index (χ1) is 10.3. The molecule has 1 aromatic heterocycles. The molecule has 112 valence electrons. The van der Waals surface area contributed by atoms with Gasteiger partial charge in [-0.05, 0) is 24.3 Å². The molecule has 0 unspecified atom stereocenters. The largest absolute Gasteiger partial charge is 0.389 e. The summed E-state index contributed by atoms with van der Waals surface area (Å²) in [6.07, 6.45) is 3.71. The lowest BCUT2D eigenvalue weighted by atomic mass is 9.97. The normalized spacial score (nSPS) is 17.8. The third kappa shape index (κ3) is 4.07. The number of rotatable bonds is 5. The van der Waals surface area contributed by atoms with Crippen molar-refractivity contribution < 1.29 is 5.11 Å². The predicted octanol–water partition coefficient (Wildman–Crippen LogP) is 3.16. The quantitative estimate of drug-likeness (QED) is 0.888. The van der Waals surface area contributed by atoms with Crippen molar-refractivity contribution in [2.75, 3.05) is 18.1 Å². The van der Waals surface area contributed by atoms with Crippen LogP contribution in [0.2, 0.25) is 0 Å². The van der Waals surface area contributed by atoms with Gasteiger partial charge in [0.2, 0.25) is 0 Å². The highest BCUT2D eigenvalue weighted by Crippen LogP contribution is 2.27. The van der Waals surface area contributed by atoms with Crippen LogP contribution in [0.1, 0.15) is 17.7 Å². The van der Waals surface area contributed by atoms with E-state index in [0.717, 1.165) is 41.5 Å². The number of thiazole rings is 1. The lowest BCUT2D eigenvalue weighted by Crippen LogP contribution is -2.43. The van der Waals surface area contributed by atoms with E-state index in [0.29, 0.717) is 6.54 Å². The first-order valence-electron chi connectivity index (χ1n) is 7.26. The highest BCUT2D eigenvalue weighted by molar-refractivity contribution is 7.99. The second-order valence-electron chi connectivity index (χ2n) is 5.44. The molecule has 0 radical (unpaired) electrons. The number of benzene rings is 1. The summed E-state index contributed by atoms with van der Waals surface area (Å²) in [6.45, 7) is 1.45. The van der Waals surface area contributed by atoms with Crippen LogP contribution in [0.4, 0.5) is 0 Å². The van der Waals surface area contributed by atoms with Crippen LogP contribution in [0.25, 0.3) is 10.6 Å². The van der Waals surface area contributed by atoms with Crippen molar-refractivity contribution in [2.24, 2.45) is 0 Å². The molecular formula is C16H20N2OS2. The van der Waals surface area contributed by atoms with E-state index in [1.165, 1.54) is 4.88 Å². The monoisotopic (exact) mass is 320 g/mol. The van der Waals surface area contributed by atoms with Crippen LogP contribution in [-0.4, -0.2) is 33.7 Å². The number of thioether (sulfide) groups is 1. The van der Waals surface area contributed by atoms with Gasteiger partial charge in [0, 0.05) is 29.7 Å². The van der Waals surface area contributed by atoms with Gasteiger partial charge in [-0.3, -0.25) is 0 Å². The molecule has 3 nitrogen and oxygen atoms in total. The maximum atomic E-state index is 10.4. The smallest absolute Gasteiger partial charge is 0.123 e. The number of nitrogens with one attached hydrogen (secondary N) is 1. The third-order valence-electron chi connectivity index (χ3n) is 3.75. The molecule has 0 atom stereocenters. The molecule has 0 bridgehead atoms. The van der Waals surface area contributed by atoms with Gasteiger partial charge in [-0.1, -0.05) is 30.3 Å². The maximum Gasteiger partial charge on any atom is 0.123 e. The third-order valence-corrected chi connectivity index (χ3v) is 5.78. The molecule has 0 amide bonds. The van der Waals surface area contributed by atoms with Gasteiger partial charge in [-0.2, -0.15) is 11.8 Å². The van der Waals surface area contributed by atoms with Gasteiger partial charge in [0.05, 0.1) is 5.60 Å². The lowest BCUT2D eigenvalue weighted by Gasteiger charge is -2.31. The zero-order chi connectivity index (χ0) is 14.5. The molecule has 2 N–H and O–H groups in total. The molecule has 21 heavy (non-hydrogen) atoms. The van der Waals surface area contributed by atoms with Crippen molar-refractivity contribution in [2.45, 2.75) is 25.0 Å². The van der Waals surface area contributed by atoms with Crippen molar-refractivity contribution >= 4 is 23.1 Å². The highest BCUT2D eigenvalue weighted by atomic mass is 32.2. The van der Waals surface area contributed by atoms with E-state index in [2.05, 4.69) is 22.4 Å². The number of hydrogen-bond donors (Lipinski definition) is 2. The summed E-state index contributed by atoms with van der Waals surface area (Å²) in [6, 6.07) is 10.2. The van der Waals surface area contributed by atoms with Gasteiger partial charge in [-0.15, -0.1) is 11.3 Å². The fourth-order valence-electron chi connectivity index (χ4n) is 2.45. The summed E-state index contributed by atoms with van der Waals surface area (Å²) in [4.78, 5) is 5.69. The molecule has 1 saturated heterocycles. The van der Waals surface area contributed by atoms with Crippen LogP contribution >= 0.6 is 23.1 Å². The Bertz CT molecular complexity index is 565. The Morgan fingerprint density at radius 2 is 1.95 bits per heavy atom. The van der Waals surface area contributed by atoms with Gasteiger partial charge in [0.25, 0.3) is 0 Å². The van der Waals surface area contributed by atoms with Crippen LogP contribution in [0, 0.1) is 0 Å². The van der Waals surface area contributed by atoms with E-state index < -0.39 is 5.60 Å². The fourth-order valence-corrected chi connectivity index (χ4v) is 4.59. The zero-order valence-electron chi connectivity index (χ0n) is 11.9. The van der Waals surface area contributed by atoms with Crippen LogP contribution in [0.15, 0.2) is 36.5 Å². The second-order valence-corrected chi connectivity index (χ2v) is 7.78. The topological polar surface area (TPSA) is 45.1 Å². The highest BCUT2D eigenvalue weighted by Gasteiger charge is 2.28. The van der Waals surface area contributed by atoms with Gasteiger partial charge in [0.15, 0.2) is 0 Å². The van der Waals surface area contributed by atoms with Crippen LogP contribution in [-0.2, 0) is 6.54 Å². The van der Waals surface area contributed by atoms with Crippen LogP contribution in [0.3, 0.4) is 0 Å². The Morgan fingerprint density at radius 3 is 2.71 bits per heavy atom. The van der Waals surface area contributed by atoms with Crippen molar-refractivity contribution in [3.8, 4) is 10.6 Å². The van der Waals surface area contributed by atoms with Crippen molar-refractivity contribution in [1.29, 1.82) is 0 Å². The zero-order valence-corrected chi connectivity index (χ0v) is 13.6. The fraction of sp³-hybridized carbons (Fsp3) is 0.438. The standard InChI is InChI=1S/C16H20N2OS2/c19-16(6-8-20-9-7-16)12-17-10-14-11-18-15(21-14)13-4-2-1-3-5-13/h1-5,11,17,19H,6-10,12H2. The Kier molecular flexibility index (Phi) is 4.95. The van der Waals surface area contributed by atoms with E-state index in [9.17, 15) is 5.11 Å². The molecule has 1 aromatic carbocycles. The molecular weight excluding hydrogens is 300 g/mol. The molecule has 5 heteroatoms. The molecule has 2 aromatic rings. The Labute approximate surface area is 133 Å². The molecule has 1 aliphatic heterocycles. The summed E-state index contributed by atoms with van der Waals surface area (Å²) in [5, 5.41) is 14.9. The Hall–Kier alpha value is -0.880. The number of aromatic nitrogens is 1. The molecule has 0 aliphatic carbocycles. The summed E-state index contributed by atoms with van der Waals surface area (Å²) in [7, 11) is 0. The molecule has 2 heterocycles. The first-order valence-corrected chi connectivity index (χ1v) is 9.23. The average Bonchev–Trinajstić information content (AvgIpc) is 2.98. The minimum atomic E-state index is -0.516. The van der Waals surface area contributed by atoms with Gasteiger partial charge in [0.1, 0.15) is 5.01 Å². The van der Waals surface area contributed by atoms with Gasteiger partial charge < -0.3 is 10.4 Å². The maximum absolute atomic E-state index is 10.4. The van der Waals surface area contributed by atoms with E-state index in [4.69, 9.17) is 0 Å². The minimum Gasteiger partial charge on any atom is -0.389 e. The molecule has 0 saturated carbocycles. The predicted molar refractivity (Wildman–Crippen MR) is 90.8 cm³/mol. The van der Waals surface area contributed by atoms with Crippen LogP contribution < -0.4 is 5.32 Å². The second kappa shape index (κ2) is 6.92. The Balaban J connectivity index is 1.53. The van der Waals surface area contributed by atoms with Crippen molar-refractivity contribution in [1.82, 2.24) is 10.3 Å². The lowest BCUT2D eigenvalue weighted by molar-refractivity contribution is 0.0321. The number of aliphatic hydroxyl groups is 1. The molecule has 3 rings (SSSR count). The minimum absolute atomic E-state index is 0.516. The summed E-state index contributed by atoms with van der Waals surface area (Å²) < 4.78 is 0. The number of nitrogens with zero attached hydrogens (tertiary/aromatic N) is 1. The van der Waals surface area contributed by atoms with E-state index in [-0.39, 0.29) is 0 Å². The summed E-state index contributed by atoms with van der Waals surface area (Å²) in [5.74, 6) is 2.13. The van der Waals surface area contributed by atoms with Crippen molar-refractivity contribution in [3.05, 3.63) is 41.4 Å². The Morgan fingerprint density at radius 1 is 1.19 bits per heavy atom. The van der Waals surface area contributed by atoms with Gasteiger partial charge >= 0.3 is 0 Å². The summed E-state index contributed by atoms with van der Waals surface area (Å²) in [5.41, 5.74) is 0.648. The molecule has 1 aliphatic rings. The molecule has 0 spiro atoms. The van der Waals surface area contributed by atoms with E-state index in [1.807, 2.05) is 36.2 Å². The molecule has 1 fully saturated rings. The number of hydrogen-bond acceptors (Lipinski definition) is 5. The average molecular weight is 320 g/mol. The SMILES string of the molecule is OC1(CNCc2cnc(-c3ccccc3)s2)CCSCC1. The van der Waals surface area contributed by atoms with Crippen LogP contribution in [0.5, 0.6) is 0 Å². The first kappa shape index (κ1) is 15.0.